The van der Waals surface area contributed by atoms with Crippen molar-refractivity contribution in [3.8, 4) is 0 Å². The Balaban J connectivity index is 3.01. The molecule has 1 nitrogen and oxygen atoms in total. The molecule has 0 aliphatic heterocycles. The van der Waals surface area contributed by atoms with Crippen LogP contribution in [0.15, 0.2) is 9.80 Å². The molecular formula is C11H19OS+. The average molecular weight is 199 g/mol. The van der Waals surface area contributed by atoms with Crippen LogP contribution in [0.4, 0.5) is 0 Å². The van der Waals surface area contributed by atoms with E-state index < -0.39 is 0 Å². The van der Waals surface area contributed by atoms with Crippen molar-refractivity contribution < 1.29 is 4.42 Å². The Morgan fingerprint density at radius 1 is 1.00 bits per heavy atom. The zero-order valence-corrected chi connectivity index (χ0v) is 10.2. The van der Waals surface area contributed by atoms with Crippen LogP contribution in [0.3, 0.4) is 0 Å². The zero-order chi connectivity index (χ0) is 10.3. The second-order valence-electron chi connectivity index (χ2n) is 5.49. The normalized spacial score (nSPS) is 13.4. The molecule has 1 heterocycles. The highest BCUT2D eigenvalue weighted by atomic mass is 32.1. The van der Waals surface area contributed by atoms with Gasteiger partial charge in [0.1, 0.15) is 5.38 Å². The number of hydrogen-bond donors (Lipinski definition) is 0. The monoisotopic (exact) mass is 199 g/mol. The minimum Gasteiger partial charge on any atom is -0.204 e. The molecule has 1 aromatic heterocycles. The fourth-order valence-electron chi connectivity index (χ4n) is 0.915. The molecule has 0 amide bonds. The van der Waals surface area contributed by atoms with Gasteiger partial charge in [0.2, 0.25) is 0 Å². The van der Waals surface area contributed by atoms with E-state index in [1.807, 2.05) is 0 Å². The van der Waals surface area contributed by atoms with Crippen molar-refractivity contribution in [3.63, 3.8) is 0 Å². The van der Waals surface area contributed by atoms with E-state index in [1.54, 1.807) is 11.3 Å². The largest absolute Gasteiger partial charge is 0.390 e. The molecule has 1 rings (SSSR count). The standard InChI is InChI=1S/C11H19OS/c1-10(2,3)8-7-13-9(12-8)11(4,5)6/h7H,1-6H3/q+1. The van der Waals surface area contributed by atoms with Crippen LogP contribution < -0.4 is 0 Å². The SMILES string of the molecule is CC(C)(C)c1csc(C(C)(C)C)[o+]1. The summed E-state index contributed by atoms with van der Waals surface area (Å²) in [6.07, 6.45) is 0. The van der Waals surface area contributed by atoms with Gasteiger partial charge in [-0.3, -0.25) is 0 Å². The Morgan fingerprint density at radius 3 is 1.77 bits per heavy atom. The van der Waals surface area contributed by atoms with Gasteiger partial charge in [-0.25, -0.2) is 4.42 Å². The smallest absolute Gasteiger partial charge is 0.204 e. The van der Waals surface area contributed by atoms with E-state index >= 15 is 0 Å². The Hall–Kier alpha value is -0.370. The van der Waals surface area contributed by atoms with Crippen LogP contribution in [0, 0.1) is 0 Å². The molecule has 0 saturated heterocycles. The van der Waals surface area contributed by atoms with Gasteiger partial charge >= 0.3 is 10.8 Å². The Bertz CT molecular complexity index is 257. The van der Waals surface area contributed by atoms with Gasteiger partial charge in [0.25, 0.3) is 0 Å². The molecular weight excluding hydrogens is 180 g/mol. The summed E-state index contributed by atoms with van der Waals surface area (Å²) in [5.41, 5.74) is 0.258. The Kier molecular flexibility index (Phi) is 2.54. The lowest BCUT2D eigenvalue weighted by atomic mass is 9.94. The summed E-state index contributed by atoms with van der Waals surface area (Å²) in [5.74, 6) is 1.09. The molecule has 0 aliphatic carbocycles. The molecule has 2 heteroatoms. The lowest BCUT2D eigenvalue weighted by Gasteiger charge is -2.07. The molecule has 0 aliphatic rings. The van der Waals surface area contributed by atoms with E-state index in [-0.39, 0.29) is 10.8 Å². The van der Waals surface area contributed by atoms with E-state index in [4.69, 9.17) is 4.42 Å². The molecule has 1 aromatic rings. The lowest BCUT2D eigenvalue weighted by molar-refractivity contribution is 0.349. The highest BCUT2D eigenvalue weighted by Crippen LogP contribution is 2.33. The molecule has 0 unspecified atom stereocenters. The van der Waals surface area contributed by atoms with Crippen molar-refractivity contribution in [3.05, 3.63) is 16.2 Å². The van der Waals surface area contributed by atoms with Crippen LogP contribution in [0.2, 0.25) is 0 Å². The molecule has 0 spiro atoms. The Labute approximate surface area is 84.8 Å². The quantitative estimate of drug-likeness (QED) is 0.569. The molecule has 0 saturated carbocycles. The van der Waals surface area contributed by atoms with Crippen LogP contribution in [0.25, 0.3) is 0 Å². The summed E-state index contributed by atoms with van der Waals surface area (Å²) in [7, 11) is 0. The maximum Gasteiger partial charge on any atom is 0.390 e. The summed E-state index contributed by atoms with van der Waals surface area (Å²) in [6.45, 7) is 13.0. The van der Waals surface area contributed by atoms with E-state index in [1.165, 1.54) is 0 Å². The fourth-order valence-corrected chi connectivity index (χ4v) is 2.02. The molecule has 13 heavy (non-hydrogen) atoms. The second-order valence-corrected chi connectivity index (χ2v) is 6.33. The van der Waals surface area contributed by atoms with Gasteiger partial charge < -0.3 is 0 Å². The topological polar surface area (TPSA) is 11.3 Å². The van der Waals surface area contributed by atoms with Crippen molar-refractivity contribution >= 4 is 11.3 Å². The van der Waals surface area contributed by atoms with Crippen molar-refractivity contribution in [2.45, 2.75) is 52.4 Å². The fraction of sp³-hybridized carbons (Fsp3) is 0.727. The van der Waals surface area contributed by atoms with Crippen LogP contribution in [-0.2, 0) is 10.8 Å². The summed E-state index contributed by atoms with van der Waals surface area (Å²) in [5, 5.41) is 3.23. The maximum absolute atomic E-state index is 5.83. The van der Waals surface area contributed by atoms with Crippen molar-refractivity contribution in [2.75, 3.05) is 0 Å². The molecule has 0 radical (unpaired) electrons. The molecule has 0 bridgehead atoms. The van der Waals surface area contributed by atoms with Crippen LogP contribution >= 0.6 is 11.3 Å². The van der Waals surface area contributed by atoms with Crippen molar-refractivity contribution in [1.29, 1.82) is 0 Å². The van der Waals surface area contributed by atoms with Gasteiger partial charge in [-0.05, 0) is 52.9 Å². The third-order valence-electron chi connectivity index (χ3n) is 1.83. The van der Waals surface area contributed by atoms with E-state index in [0.29, 0.717) is 0 Å². The van der Waals surface area contributed by atoms with Gasteiger partial charge in [0.15, 0.2) is 0 Å². The summed E-state index contributed by atoms with van der Waals surface area (Å²) in [6, 6.07) is 0. The number of rotatable bonds is 0. The minimum atomic E-state index is 0.125. The molecule has 74 valence electrons. The molecule has 0 aromatic carbocycles. The number of hydrogen-bond acceptors (Lipinski definition) is 1. The van der Waals surface area contributed by atoms with E-state index in [0.717, 1.165) is 10.8 Å². The highest BCUT2D eigenvalue weighted by molar-refractivity contribution is 7.09. The molecule has 0 atom stereocenters. The summed E-state index contributed by atoms with van der Waals surface area (Å²) >= 11 is 1.72. The molecule has 0 fully saturated rings. The summed E-state index contributed by atoms with van der Waals surface area (Å²) < 4.78 is 5.83. The predicted molar refractivity (Wildman–Crippen MR) is 58.4 cm³/mol. The van der Waals surface area contributed by atoms with Gasteiger partial charge in [0.05, 0.1) is 10.8 Å². The first-order valence-corrected chi connectivity index (χ1v) is 5.52. The van der Waals surface area contributed by atoms with E-state index in [2.05, 4.69) is 46.9 Å². The molecule has 0 N–H and O–H groups in total. The first-order chi connectivity index (χ1) is 5.71. The van der Waals surface area contributed by atoms with E-state index in [9.17, 15) is 0 Å². The maximum atomic E-state index is 5.83. The van der Waals surface area contributed by atoms with Crippen LogP contribution in [0.1, 0.15) is 52.4 Å². The van der Waals surface area contributed by atoms with Gasteiger partial charge in [-0.15, -0.1) is 0 Å². The van der Waals surface area contributed by atoms with Crippen molar-refractivity contribution in [1.82, 2.24) is 0 Å². The third-order valence-corrected chi connectivity index (χ3v) is 3.07. The Morgan fingerprint density at radius 2 is 1.54 bits per heavy atom. The first-order valence-electron chi connectivity index (χ1n) is 4.64. The third kappa shape index (κ3) is 2.53. The zero-order valence-electron chi connectivity index (χ0n) is 9.39. The van der Waals surface area contributed by atoms with Crippen LogP contribution in [-0.4, -0.2) is 0 Å². The predicted octanol–water partition coefficient (Wildman–Crippen LogP) is 4.22. The lowest BCUT2D eigenvalue weighted by Crippen LogP contribution is -2.11. The average Bonchev–Trinajstić information content (AvgIpc) is 2.28. The van der Waals surface area contributed by atoms with Gasteiger partial charge in [-0.2, -0.15) is 0 Å². The highest BCUT2D eigenvalue weighted by Gasteiger charge is 2.35. The van der Waals surface area contributed by atoms with Crippen LogP contribution in [0.5, 0.6) is 0 Å². The van der Waals surface area contributed by atoms with Gasteiger partial charge in [0, 0.05) is 0 Å². The first kappa shape index (κ1) is 10.7. The van der Waals surface area contributed by atoms with Gasteiger partial charge in [-0.1, -0.05) is 0 Å². The summed E-state index contributed by atoms with van der Waals surface area (Å²) in [4.78, 5) is 0. The van der Waals surface area contributed by atoms with Crippen molar-refractivity contribution in [2.24, 2.45) is 0 Å². The second kappa shape index (κ2) is 3.09. The minimum absolute atomic E-state index is 0.125.